The zero-order chi connectivity index (χ0) is 14.5. The van der Waals surface area contributed by atoms with Crippen molar-refractivity contribution in [3.63, 3.8) is 0 Å². The van der Waals surface area contributed by atoms with Crippen LogP contribution in [0.25, 0.3) is 0 Å². The molecule has 0 atom stereocenters. The van der Waals surface area contributed by atoms with E-state index < -0.39 is 0 Å². The molecular weight excluding hydrogens is 256 g/mol. The number of nitrogens with one attached hydrogen (secondary N) is 1. The van der Waals surface area contributed by atoms with E-state index in [2.05, 4.69) is 20.3 Å². The highest BCUT2D eigenvalue weighted by Crippen LogP contribution is 2.28. The number of anilines is 3. The number of aromatic nitrogens is 3. The summed E-state index contributed by atoms with van der Waals surface area (Å²) in [6, 6.07) is 0. The average Bonchev–Trinajstić information content (AvgIpc) is 3.26. The summed E-state index contributed by atoms with van der Waals surface area (Å²) < 4.78 is 5.65. The molecule has 1 heterocycles. The van der Waals surface area contributed by atoms with Crippen molar-refractivity contribution in [1.29, 1.82) is 0 Å². The highest BCUT2D eigenvalue weighted by atomic mass is 16.5. The number of ether oxygens (including phenoxy) is 1. The predicted octanol–water partition coefficient (Wildman–Crippen LogP) is 0.842. The van der Waals surface area contributed by atoms with E-state index in [0.29, 0.717) is 24.5 Å². The molecule has 1 fully saturated rings. The van der Waals surface area contributed by atoms with Crippen LogP contribution in [0.15, 0.2) is 0 Å². The molecule has 0 aromatic carbocycles. The van der Waals surface area contributed by atoms with Gasteiger partial charge in [-0.05, 0) is 18.8 Å². The first kappa shape index (κ1) is 14.8. The molecule has 1 aliphatic rings. The van der Waals surface area contributed by atoms with Gasteiger partial charge in [-0.15, -0.1) is 0 Å². The van der Waals surface area contributed by atoms with Crippen molar-refractivity contribution in [3.8, 4) is 0 Å². The molecule has 1 N–H and O–H groups in total. The molecular formula is C13H24N6O. The van der Waals surface area contributed by atoms with Crippen LogP contribution in [0.3, 0.4) is 0 Å². The predicted molar refractivity (Wildman–Crippen MR) is 80.5 cm³/mol. The smallest absolute Gasteiger partial charge is 0.231 e. The number of rotatable bonds is 8. The van der Waals surface area contributed by atoms with Crippen LogP contribution in [0.1, 0.15) is 12.8 Å². The van der Waals surface area contributed by atoms with Gasteiger partial charge in [0.15, 0.2) is 0 Å². The van der Waals surface area contributed by atoms with Gasteiger partial charge in [0.1, 0.15) is 0 Å². The first-order chi connectivity index (χ1) is 9.60. The molecule has 112 valence electrons. The van der Waals surface area contributed by atoms with Crippen LogP contribution in [0.4, 0.5) is 17.8 Å². The van der Waals surface area contributed by atoms with Crippen molar-refractivity contribution in [2.24, 2.45) is 5.92 Å². The van der Waals surface area contributed by atoms with Crippen LogP contribution in [0, 0.1) is 5.92 Å². The van der Waals surface area contributed by atoms with Crippen LogP contribution < -0.4 is 15.1 Å². The van der Waals surface area contributed by atoms with Gasteiger partial charge in [-0.1, -0.05) is 0 Å². The molecule has 2 rings (SSSR count). The minimum Gasteiger partial charge on any atom is -0.379 e. The Hall–Kier alpha value is -1.63. The molecule has 0 aliphatic heterocycles. The Morgan fingerprint density at radius 3 is 2.45 bits per heavy atom. The van der Waals surface area contributed by atoms with Crippen molar-refractivity contribution in [1.82, 2.24) is 15.0 Å². The first-order valence-corrected chi connectivity index (χ1v) is 7.00. The van der Waals surface area contributed by atoms with Gasteiger partial charge >= 0.3 is 0 Å². The highest BCUT2D eigenvalue weighted by Gasteiger charge is 2.21. The van der Waals surface area contributed by atoms with Crippen molar-refractivity contribution in [2.45, 2.75) is 12.8 Å². The highest BCUT2D eigenvalue weighted by molar-refractivity contribution is 5.43. The van der Waals surface area contributed by atoms with E-state index in [1.807, 2.05) is 30.9 Å². The molecule has 1 aliphatic carbocycles. The lowest BCUT2D eigenvalue weighted by atomic mass is 10.5. The lowest BCUT2D eigenvalue weighted by molar-refractivity contribution is 0.130. The van der Waals surface area contributed by atoms with E-state index >= 15 is 0 Å². The normalized spacial score (nSPS) is 14.2. The van der Waals surface area contributed by atoms with Crippen molar-refractivity contribution in [2.75, 3.05) is 63.1 Å². The summed E-state index contributed by atoms with van der Waals surface area (Å²) in [5.74, 6) is 2.67. The Kier molecular flexibility index (Phi) is 4.94. The lowest BCUT2D eigenvalue weighted by Crippen LogP contribution is -2.26. The van der Waals surface area contributed by atoms with Crippen LogP contribution in [0.5, 0.6) is 0 Å². The van der Waals surface area contributed by atoms with E-state index in [-0.39, 0.29) is 0 Å². The third-order valence-corrected chi connectivity index (χ3v) is 3.20. The van der Waals surface area contributed by atoms with Crippen LogP contribution in [-0.4, -0.2) is 62.9 Å². The fraction of sp³-hybridized carbons (Fsp3) is 0.769. The summed E-state index contributed by atoms with van der Waals surface area (Å²) in [6.45, 7) is 2.35. The van der Waals surface area contributed by atoms with E-state index in [9.17, 15) is 0 Å². The van der Waals surface area contributed by atoms with Gasteiger partial charge in [-0.3, -0.25) is 0 Å². The molecule has 0 saturated heterocycles. The average molecular weight is 280 g/mol. The zero-order valence-electron chi connectivity index (χ0n) is 12.8. The first-order valence-electron chi connectivity index (χ1n) is 7.00. The number of hydrogen-bond donors (Lipinski definition) is 1. The van der Waals surface area contributed by atoms with Gasteiger partial charge in [0.2, 0.25) is 17.8 Å². The van der Waals surface area contributed by atoms with Gasteiger partial charge in [0.05, 0.1) is 6.61 Å². The number of hydrogen-bond acceptors (Lipinski definition) is 7. The molecule has 7 heteroatoms. The molecule has 20 heavy (non-hydrogen) atoms. The summed E-state index contributed by atoms with van der Waals surface area (Å²) >= 11 is 0. The SMILES string of the molecule is CNc1nc(N(C)C)nc(N(C)CCOCC2CC2)n1. The van der Waals surface area contributed by atoms with E-state index in [0.717, 1.165) is 19.1 Å². The fourth-order valence-corrected chi connectivity index (χ4v) is 1.67. The molecule has 1 saturated carbocycles. The maximum Gasteiger partial charge on any atom is 0.231 e. The second-order valence-electron chi connectivity index (χ2n) is 5.34. The summed E-state index contributed by atoms with van der Waals surface area (Å²) in [5.41, 5.74) is 0. The van der Waals surface area contributed by atoms with Crippen molar-refractivity contribution >= 4 is 17.8 Å². The molecule has 0 radical (unpaired) electrons. The minimum atomic E-state index is 0.574. The summed E-state index contributed by atoms with van der Waals surface area (Å²) in [5, 5.41) is 2.96. The molecule has 0 spiro atoms. The van der Waals surface area contributed by atoms with Crippen LogP contribution in [-0.2, 0) is 4.74 Å². The Morgan fingerprint density at radius 1 is 1.15 bits per heavy atom. The van der Waals surface area contributed by atoms with Gasteiger partial charge in [0.25, 0.3) is 0 Å². The largest absolute Gasteiger partial charge is 0.379 e. The quantitative estimate of drug-likeness (QED) is 0.708. The van der Waals surface area contributed by atoms with E-state index in [1.54, 1.807) is 7.05 Å². The van der Waals surface area contributed by atoms with Gasteiger partial charge in [0, 0.05) is 41.3 Å². The molecule has 0 bridgehead atoms. The second kappa shape index (κ2) is 6.69. The molecule has 7 nitrogen and oxygen atoms in total. The zero-order valence-corrected chi connectivity index (χ0v) is 12.8. The number of likely N-dealkylation sites (N-methyl/N-ethyl adjacent to an activating group) is 1. The van der Waals surface area contributed by atoms with E-state index in [1.165, 1.54) is 12.8 Å². The molecule has 1 aromatic heterocycles. The summed E-state index contributed by atoms with van der Waals surface area (Å²) in [4.78, 5) is 17.0. The third kappa shape index (κ3) is 4.19. The lowest BCUT2D eigenvalue weighted by Gasteiger charge is -2.19. The minimum absolute atomic E-state index is 0.574. The molecule has 0 amide bonds. The van der Waals surface area contributed by atoms with Crippen molar-refractivity contribution in [3.05, 3.63) is 0 Å². The third-order valence-electron chi connectivity index (χ3n) is 3.20. The van der Waals surface area contributed by atoms with Gasteiger partial charge < -0.3 is 19.9 Å². The topological polar surface area (TPSA) is 66.4 Å². The number of nitrogens with zero attached hydrogens (tertiary/aromatic N) is 5. The van der Waals surface area contributed by atoms with E-state index in [4.69, 9.17) is 4.74 Å². The Bertz CT molecular complexity index is 435. The molecule has 0 unspecified atom stereocenters. The Morgan fingerprint density at radius 2 is 1.85 bits per heavy atom. The van der Waals surface area contributed by atoms with Crippen LogP contribution >= 0.6 is 0 Å². The summed E-state index contributed by atoms with van der Waals surface area (Å²) in [7, 11) is 7.60. The van der Waals surface area contributed by atoms with Gasteiger partial charge in [-0.2, -0.15) is 15.0 Å². The standard InChI is InChI=1S/C13H24N6O/c1-14-11-15-12(18(2)3)17-13(16-11)19(4)7-8-20-9-10-5-6-10/h10H,5-9H2,1-4H3,(H,14,15,16,17). The van der Waals surface area contributed by atoms with Crippen molar-refractivity contribution < 1.29 is 4.74 Å². The maximum absolute atomic E-state index is 5.65. The molecule has 1 aromatic rings. The Balaban J connectivity index is 1.92. The van der Waals surface area contributed by atoms with Crippen LogP contribution in [0.2, 0.25) is 0 Å². The second-order valence-corrected chi connectivity index (χ2v) is 5.34. The van der Waals surface area contributed by atoms with Gasteiger partial charge in [-0.25, -0.2) is 0 Å². The Labute approximate surface area is 120 Å². The maximum atomic E-state index is 5.65. The summed E-state index contributed by atoms with van der Waals surface area (Å²) in [6.07, 6.45) is 2.64. The monoisotopic (exact) mass is 280 g/mol. The fourth-order valence-electron chi connectivity index (χ4n) is 1.67.